The molecule has 0 amide bonds. The van der Waals surface area contributed by atoms with E-state index in [1.54, 1.807) is 0 Å². The van der Waals surface area contributed by atoms with Gasteiger partial charge in [0.25, 0.3) is 0 Å². The van der Waals surface area contributed by atoms with E-state index in [1.807, 2.05) is 0 Å². The van der Waals surface area contributed by atoms with Gasteiger partial charge in [-0.05, 0) is 11.8 Å². The molecule has 0 heterocycles. The molecule has 1 unspecified atom stereocenters. The zero-order valence-corrected chi connectivity index (χ0v) is 11.4. The summed E-state index contributed by atoms with van der Waals surface area (Å²) in [5.74, 6) is 1.47. The fourth-order valence-corrected chi connectivity index (χ4v) is 1.70. The summed E-state index contributed by atoms with van der Waals surface area (Å²) >= 11 is 4.92. The summed E-state index contributed by atoms with van der Waals surface area (Å²) in [6.07, 6.45) is 2.08. The Labute approximate surface area is 100 Å². The van der Waals surface area contributed by atoms with Gasteiger partial charge in [0, 0.05) is 26.1 Å². The van der Waals surface area contributed by atoms with E-state index < -0.39 is 0 Å². The Kier molecular flexibility index (Phi) is 7.97. The van der Waals surface area contributed by atoms with Crippen molar-refractivity contribution in [2.75, 3.05) is 19.6 Å². The van der Waals surface area contributed by atoms with Gasteiger partial charge in [-0.15, -0.1) is 0 Å². The molecule has 2 nitrogen and oxygen atoms in total. The van der Waals surface area contributed by atoms with Crippen LogP contribution in [-0.2, 0) is 0 Å². The third-order valence-electron chi connectivity index (χ3n) is 2.56. The highest BCUT2D eigenvalue weighted by Crippen LogP contribution is 2.07. The van der Waals surface area contributed by atoms with Crippen LogP contribution in [0.1, 0.15) is 40.5 Å². The summed E-state index contributed by atoms with van der Waals surface area (Å²) in [7, 11) is 0. The molecule has 0 radical (unpaired) electrons. The highest BCUT2D eigenvalue weighted by molar-refractivity contribution is 7.80. The second kappa shape index (κ2) is 8.05. The van der Waals surface area contributed by atoms with Crippen molar-refractivity contribution in [2.24, 2.45) is 17.6 Å². The second-order valence-electron chi connectivity index (χ2n) is 4.88. The molecule has 15 heavy (non-hydrogen) atoms. The molecule has 2 N–H and O–H groups in total. The molecular formula is C12H26N2S. The highest BCUT2D eigenvalue weighted by atomic mass is 32.1. The fraction of sp³-hybridized carbons (Fsp3) is 0.917. The topological polar surface area (TPSA) is 29.3 Å². The molecule has 0 fully saturated rings. The first kappa shape index (κ1) is 14.8. The maximum absolute atomic E-state index is 5.54. The predicted molar refractivity (Wildman–Crippen MR) is 72.1 cm³/mol. The third kappa shape index (κ3) is 8.82. The molecule has 0 aliphatic rings. The van der Waals surface area contributed by atoms with E-state index in [1.165, 1.54) is 6.42 Å². The van der Waals surface area contributed by atoms with Crippen LogP contribution in [0.25, 0.3) is 0 Å². The van der Waals surface area contributed by atoms with E-state index in [2.05, 4.69) is 32.6 Å². The van der Waals surface area contributed by atoms with Crippen LogP contribution in [0, 0.1) is 11.8 Å². The van der Waals surface area contributed by atoms with E-state index in [0.29, 0.717) is 10.9 Å². The van der Waals surface area contributed by atoms with Crippen molar-refractivity contribution in [3.8, 4) is 0 Å². The van der Waals surface area contributed by atoms with Gasteiger partial charge in [0.2, 0.25) is 0 Å². The van der Waals surface area contributed by atoms with Crippen LogP contribution in [0.3, 0.4) is 0 Å². The van der Waals surface area contributed by atoms with Gasteiger partial charge in [0.15, 0.2) is 0 Å². The molecule has 0 aliphatic carbocycles. The molecule has 0 aromatic carbocycles. The summed E-state index contributed by atoms with van der Waals surface area (Å²) in [6.45, 7) is 12.4. The van der Waals surface area contributed by atoms with Crippen LogP contribution in [0.4, 0.5) is 0 Å². The summed E-state index contributed by atoms with van der Waals surface area (Å²) in [6, 6.07) is 0. The van der Waals surface area contributed by atoms with E-state index in [9.17, 15) is 0 Å². The van der Waals surface area contributed by atoms with Crippen molar-refractivity contribution in [3.05, 3.63) is 0 Å². The number of nitrogens with two attached hydrogens (primary N) is 1. The number of hydrogen-bond donors (Lipinski definition) is 1. The van der Waals surface area contributed by atoms with Crippen LogP contribution < -0.4 is 5.73 Å². The lowest BCUT2D eigenvalue weighted by Gasteiger charge is -2.26. The smallest absolute Gasteiger partial charge is 0.0740 e. The molecule has 0 saturated heterocycles. The van der Waals surface area contributed by atoms with Gasteiger partial charge in [0.05, 0.1) is 4.99 Å². The van der Waals surface area contributed by atoms with Gasteiger partial charge in [-0.3, -0.25) is 0 Å². The van der Waals surface area contributed by atoms with Gasteiger partial charge in [0.1, 0.15) is 0 Å². The Balaban J connectivity index is 3.99. The van der Waals surface area contributed by atoms with E-state index in [4.69, 9.17) is 18.0 Å². The average Bonchev–Trinajstić information content (AvgIpc) is 2.13. The summed E-state index contributed by atoms with van der Waals surface area (Å²) in [4.78, 5) is 3.12. The monoisotopic (exact) mass is 230 g/mol. The van der Waals surface area contributed by atoms with E-state index in [-0.39, 0.29) is 0 Å². The average molecular weight is 230 g/mol. The minimum Gasteiger partial charge on any atom is -0.393 e. The van der Waals surface area contributed by atoms with Gasteiger partial charge >= 0.3 is 0 Å². The normalized spacial score (nSPS) is 13.5. The van der Waals surface area contributed by atoms with Gasteiger partial charge < -0.3 is 10.6 Å². The zero-order valence-electron chi connectivity index (χ0n) is 10.6. The molecule has 0 aliphatic heterocycles. The van der Waals surface area contributed by atoms with E-state index in [0.717, 1.165) is 32.0 Å². The van der Waals surface area contributed by atoms with Gasteiger partial charge in [-0.25, -0.2) is 0 Å². The zero-order chi connectivity index (χ0) is 11.8. The van der Waals surface area contributed by atoms with Crippen LogP contribution in [0.5, 0.6) is 0 Å². The SMILES string of the molecule is CCC(C)CN(CCC(N)=S)CC(C)C. The maximum Gasteiger partial charge on any atom is 0.0740 e. The summed E-state index contributed by atoms with van der Waals surface area (Å²) < 4.78 is 0. The lowest BCUT2D eigenvalue weighted by Crippen LogP contribution is -2.34. The third-order valence-corrected chi connectivity index (χ3v) is 2.77. The first-order chi connectivity index (χ1) is 6.95. The van der Waals surface area contributed by atoms with Crippen LogP contribution in [0.2, 0.25) is 0 Å². The Morgan fingerprint density at radius 3 is 2.27 bits per heavy atom. The van der Waals surface area contributed by atoms with Crippen molar-refractivity contribution < 1.29 is 0 Å². The summed E-state index contributed by atoms with van der Waals surface area (Å²) in [5, 5.41) is 0. The van der Waals surface area contributed by atoms with Gasteiger partial charge in [-0.1, -0.05) is 46.3 Å². The van der Waals surface area contributed by atoms with Crippen LogP contribution >= 0.6 is 12.2 Å². The molecule has 0 rings (SSSR count). The number of nitrogens with zero attached hydrogens (tertiary/aromatic N) is 1. The quantitative estimate of drug-likeness (QED) is 0.650. The van der Waals surface area contributed by atoms with Crippen molar-refractivity contribution in [2.45, 2.75) is 40.5 Å². The molecule has 3 heteroatoms. The van der Waals surface area contributed by atoms with Crippen LogP contribution in [0.15, 0.2) is 0 Å². The van der Waals surface area contributed by atoms with Crippen molar-refractivity contribution in [1.29, 1.82) is 0 Å². The Hall–Kier alpha value is -0.150. The first-order valence-electron chi connectivity index (χ1n) is 5.96. The molecule has 0 spiro atoms. The molecule has 0 aromatic heterocycles. The van der Waals surface area contributed by atoms with Gasteiger partial charge in [-0.2, -0.15) is 0 Å². The lowest BCUT2D eigenvalue weighted by atomic mass is 10.1. The van der Waals surface area contributed by atoms with Crippen molar-refractivity contribution in [1.82, 2.24) is 4.90 Å². The van der Waals surface area contributed by atoms with Crippen LogP contribution in [-0.4, -0.2) is 29.5 Å². The molecule has 1 atom stereocenters. The maximum atomic E-state index is 5.54. The largest absolute Gasteiger partial charge is 0.393 e. The minimum atomic E-state index is 0.632. The molecule has 0 aromatic rings. The Morgan fingerprint density at radius 1 is 1.27 bits per heavy atom. The number of rotatable bonds is 8. The molecule has 0 saturated carbocycles. The predicted octanol–water partition coefficient (Wildman–Crippen LogP) is 2.67. The molecule has 90 valence electrons. The first-order valence-corrected chi connectivity index (χ1v) is 6.37. The van der Waals surface area contributed by atoms with Crippen molar-refractivity contribution >= 4 is 17.2 Å². The standard InChI is InChI=1S/C12H26N2S/c1-5-11(4)9-14(8-10(2)3)7-6-12(13)15/h10-11H,5-9H2,1-4H3,(H2,13,15). The van der Waals surface area contributed by atoms with E-state index >= 15 is 0 Å². The molecule has 0 bridgehead atoms. The Bertz CT molecular complexity index is 180. The Morgan fingerprint density at radius 2 is 1.87 bits per heavy atom. The lowest BCUT2D eigenvalue weighted by molar-refractivity contribution is 0.217. The number of thiocarbonyl (C=S) groups is 1. The number of hydrogen-bond acceptors (Lipinski definition) is 2. The highest BCUT2D eigenvalue weighted by Gasteiger charge is 2.10. The second-order valence-corrected chi connectivity index (χ2v) is 5.41. The molecular weight excluding hydrogens is 204 g/mol. The van der Waals surface area contributed by atoms with Crippen molar-refractivity contribution in [3.63, 3.8) is 0 Å². The summed E-state index contributed by atoms with van der Waals surface area (Å²) in [5.41, 5.74) is 5.54. The minimum absolute atomic E-state index is 0.632. The fourth-order valence-electron chi connectivity index (χ4n) is 1.61.